The Labute approximate surface area is 152 Å². The molecule has 3 rings (SSSR count). The van der Waals surface area contributed by atoms with Gasteiger partial charge in [-0.25, -0.2) is 4.98 Å². The van der Waals surface area contributed by atoms with Gasteiger partial charge in [0.15, 0.2) is 0 Å². The fraction of sp³-hybridized carbons (Fsp3) is 0.368. The van der Waals surface area contributed by atoms with Crippen LogP contribution in [0.25, 0.3) is 0 Å². The minimum absolute atomic E-state index is 0.000725. The molecule has 1 aromatic carbocycles. The van der Waals surface area contributed by atoms with Crippen LogP contribution >= 0.6 is 0 Å². The van der Waals surface area contributed by atoms with Crippen molar-refractivity contribution in [1.82, 2.24) is 9.88 Å². The Hall–Kier alpha value is -2.96. The number of carbonyl (C=O) groups is 1. The Morgan fingerprint density at radius 3 is 2.62 bits per heavy atom. The monoisotopic (exact) mass is 354 g/mol. The Morgan fingerprint density at radius 1 is 1.31 bits per heavy atom. The first kappa shape index (κ1) is 17.8. The summed E-state index contributed by atoms with van der Waals surface area (Å²) >= 11 is 0. The fourth-order valence-electron chi connectivity index (χ4n) is 3.19. The molecule has 0 unspecified atom stereocenters. The predicted molar refractivity (Wildman–Crippen MR) is 99.2 cm³/mol. The van der Waals surface area contributed by atoms with Crippen molar-refractivity contribution in [3.05, 3.63) is 63.8 Å². The van der Waals surface area contributed by atoms with E-state index in [-0.39, 0.29) is 11.6 Å². The highest BCUT2D eigenvalue weighted by Gasteiger charge is 2.23. The maximum Gasteiger partial charge on any atom is 0.287 e. The van der Waals surface area contributed by atoms with Gasteiger partial charge >= 0.3 is 0 Å². The summed E-state index contributed by atoms with van der Waals surface area (Å²) in [6.07, 6.45) is 3.13. The predicted octanol–water partition coefficient (Wildman–Crippen LogP) is 3.26. The second-order valence-corrected chi connectivity index (χ2v) is 6.60. The molecule has 1 fully saturated rings. The molecule has 7 nitrogen and oxygen atoms in total. The normalized spacial score (nSPS) is 14.9. The highest BCUT2D eigenvalue weighted by molar-refractivity contribution is 5.94. The summed E-state index contributed by atoms with van der Waals surface area (Å²) in [6, 6.07) is 10.9. The summed E-state index contributed by atoms with van der Waals surface area (Å²) in [5.74, 6) is 1.22. The SMILES string of the molecule is Cc1cc([N+](=O)[O-])cnc1NCC1CCN(C(=O)c2ccccc2)CC1. The maximum absolute atomic E-state index is 12.5. The Balaban J connectivity index is 1.50. The van der Waals surface area contributed by atoms with Crippen LogP contribution < -0.4 is 5.32 Å². The molecule has 1 aromatic heterocycles. The zero-order valence-electron chi connectivity index (χ0n) is 14.7. The lowest BCUT2D eigenvalue weighted by Gasteiger charge is -2.32. The van der Waals surface area contributed by atoms with Crippen LogP contribution in [0.15, 0.2) is 42.6 Å². The highest BCUT2D eigenvalue weighted by Crippen LogP contribution is 2.22. The largest absolute Gasteiger partial charge is 0.370 e. The first-order chi connectivity index (χ1) is 12.5. The summed E-state index contributed by atoms with van der Waals surface area (Å²) in [5, 5.41) is 14.1. The van der Waals surface area contributed by atoms with Crippen molar-refractivity contribution >= 4 is 17.4 Å². The van der Waals surface area contributed by atoms with Gasteiger partial charge in [0.05, 0.1) is 4.92 Å². The number of pyridine rings is 1. The molecule has 7 heteroatoms. The van der Waals surface area contributed by atoms with Crippen molar-refractivity contribution in [3.8, 4) is 0 Å². The van der Waals surface area contributed by atoms with Crippen molar-refractivity contribution < 1.29 is 9.72 Å². The van der Waals surface area contributed by atoms with Crippen LogP contribution in [0.3, 0.4) is 0 Å². The van der Waals surface area contributed by atoms with Gasteiger partial charge < -0.3 is 10.2 Å². The second kappa shape index (κ2) is 7.95. The zero-order chi connectivity index (χ0) is 18.5. The first-order valence-electron chi connectivity index (χ1n) is 8.74. The van der Waals surface area contributed by atoms with Gasteiger partial charge in [-0.15, -0.1) is 0 Å². The number of hydrogen-bond acceptors (Lipinski definition) is 5. The van der Waals surface area contributed by atoms with Gasteiger partial charge in [-0.2, -0.15) is 0 Å². The topological polar surface area (TPSA) is 88.4 Å². The lowest BCUT2D eigenvalue weighted by atomic mass is 9.96. The number of aryl methyl sites for hydroxylation is 1. The molecule has 1 aliphatic heterocycles. The van der Waals surface area contributed by atoms with Gasteiger partial charge in [0.1, 0.15) is 12.0 Å². The zero-order valence-corrected chi connectivity index (χ0v) is 14.7. The molecule has 0 saturated carbocycles. The van der Waals surface area contributed by atoms with Gasteiger partial charge in [0, 0.05) is 31.3 Å². The van der Waals surface area contributed by atoms with E-state index in [0.29, 0.717) is 11.7 Å². The van der Waals surface area contributed by atoms with Crippen LogP contribution in [0.1, 0.15) is 28.8 Å². The molecule has 0 spiro atoms. The number of piperidine rings is 1. The van der Waals surface area contributed by atoms with Crippen LogP contribution in [0.5, 0.6) is 0 Å². The summed E-state index contributed by atoms with van der Waals surface area (Å²) in [6.45, 7) is 4.04. The number of nitro groups is 1. The molecule has 0 bridgehead atoms. The van der Waals surface area contributed by atoms with Gasteiger partial charge in [0.25, 0.3) is 11.6 Å². The lowest BCUT2D eigenvalue weighted by molar-refractivity contribution is -0.385. The van der Waals surface area contributed by atoms with Gasteiger partial charge in [-0.1, -0.05) is 18.2 Å². The number of likely N-dealkylation sites (tertiary alicyclic amines) is 1. The molecule has 2 aromatic rings. The van der Waals surface area contributed by atoms with Crippen molar-refractivity contribution in [2.24, 2.45) is 5.92 Å². The molecular formula is C19H22N4O3. The molecule has 0 radical (unpaired) electrons. The van der Waals surface area contributed by atoms with Crippen molar-refractivity contribution in [2.45, 2.75) is 19.8 Å². The van der Waals surface area contributed by atoms with Crippen LogP contribution in [-0.2, 0) is 0 Å². The Bertz CT molecular complexity index is 787. The number of anilines is 1. The molecule has 1 aliphatic rings. The van der Waals surface area contributed by atoms with E-state index in [2.05, 4.69) is 10.3 Å². The van der Waals surface area contributed by atoms with Crippen LogP contribution in [0.4, 0.5) is 11.5 Å². The van der Waals surface area contributed by atoms with E-state index < -0.39 is 4.92 Å². The number of nitrogens with one attached hydrogen (secondary N) is 1. The average Bonchev–Trinajstić information content (AvgIpc) is 2.67. The lowest BCUT2D eigenvalue weighted by Crippen LogP contribution is -2.39. The minimum atomic E-state index is -0.441. The fourth-order valence-corrected chi connectivity index (χ4v) is 3.19. The average molecular weight is 354 g/mol. The minimum Gasteiger partial charge on any atom is -0.370 e. The summed E-state index contributed by atoms with van der Waals surface area (Å²) in [7, 11) is 0. The van der Waals surface area contributed by atoms with E-state index in [1.807, 2.05) is 42.2 Å². The number of aromatic nitrogens is 1. The maximum atomic E-state index is 12.5. The Morgan fingerprint density at radius 2 is 2.00 bits per heavy atom. The molecule has 1 N–H and O–H groups in total. The number of amides is 1. The van der Waals surface area contributed by atoms with E-state index in [9.17, 15) is 14.9 Å². The molecular weight excluding hydrogens is 332 g/mol. The van der Waals surface area contributed by atoms with Crippen molar-refractivity contribution in [3.63, 3.8) is 0 Å². The number of carbonyl (C=O) groups excluding carboxylic acids is 1. The van der Waals surface area contributed by atoms with Crippen molar-refractivity contribution in [2.75, 3.05) is 25.0 Å². The third-order valence-electron chi connectivity index (χ3n) is 4.76. The molecule has 1 amide bonds. The number of rotatable bonds is 5. The molecule has 1 saturated heterocycles. The van der Waals surface area contributed by atoms with E-state index >= 15 is 0 Å². The van der Waals surface area contributed by atoms with Crippen LogP contribution in [-0.4, -0.2) is 40.3 Å². The van der Waals surface area contributed by atoms with Crippen LogP contribution in [0, 0.1) is 23.0 Å². The quantitative estimate of drug-likeness (QED) is 0.658. The molecule has 0 aliphatic carbocycles. The van der Waals surface area contributed by atoms with E-state index in [4.69, 9.17) is 0 Å². The van der Waals surface area contributed by atoms with Gasteiger partial charge in [0.2, 0.25) is 0 Å². The molecule has 136 valence electrons. The van der Waals surface area contributed by atoms with Crippen molar-refractivity contribution in [1.29, 1.82) is 0 Å². The van der Waals surface area contributed by atoms with Gasteiger partial charge in [-0.05, 0) is 43.4 Å². The van der Waals surface area contributed by atoms with E-state index in [1.165, 1.54) is 12.3 Å². The first-order valence-corrected chi connectivity index (χ1v) is 8.74. The molecule has 2 heterocycles. The smallest absolute Gasteiger partial charge is 0.287 e. The van der Waals surface area contributed by atoms with Crippen LogP contribution in [0.2, 0.25) is 0 Å². The summed E-state index contributed by atoms with van der Waals surface area (Å²) in [5.41, 5.74) is 1.49. The van der Waals surface area contributed by atoms with Gasteiger partial charge in [-0.3, -0.25) is 14.9 Å². The molecule has 26 heavy (non-hydrogen) atoms. The van der Waals surface area contributed by atoms with E-state index in [0.717, 1.165) is 43.6 Å². The third kappa shape index (κ3) is 4.17. The summed E-state index contributed by atoms with van der Waals surface area (Å²) in [4.78, 5) is 28.8. The summed E-state index contributed by atoms with van der Waals surface area (Å²) < 4.78 is 0. The Kier molecular flexibility index (Phi) is 5.46. The number of nitrogens with zero attached hydrogens (tertiary/aromatic N) is 3. The standard InChI is InChI=1S/C19H22N4O3/c1-14-11-17(23(25)26)13-21-18(14)20-12-15-7-9-22(10-8-15)19(24)16-5-3-2-4-6-16/h2-6,11,13,15H,7-10,12H2,1H3,(H,20,21). The highest BCUT2D eigenvalue weighted by atomic mass is 16.6. The number of benzene rings is 1. The molecule has 0 atom stereocenters. The second-order valence-electron chi connectivity index (χ2n) is 6.60. The van der Waals surface area contributed by atoms with E-state index in [1.54, 1.807) is 0 Å². The third-order valence-corrected chi connectivity index (χ3v) is 4.76. The number of hydrogen-bond donors (Lipinski definition) is 1.